The Kier molecular flexibility index (Phi) is 5.67. The van der Waals surface area contributed by atoms with Crippen molar-refractivity contribution in [3.05, 3.63) is 23.8 Å². The van der Waals surface area contributed by atoms with E-state index in [-0.39, 0.29) is 0 Å². The van der Waals surface area contributed by atoms with Crippen molar-refractivity contribution in [1.29, 1.82) is 0 Å². The first-order chi connectivity index (χ1) is 8.99. The molecule has 0 saturated carbocycles. The van der Waals surface area contributed by atoms with Crippen LogP contribution in [-0.2, 0) is 0 Å². The number of unbranched alkanes of at least 4 members (excludes halogenated alkanes) is 2. The van der Waals surface area contributed by atoms with Crippen molar-refractivity contribution >= 4 is 17.3 Å². The highest BCUT2D eigenvalue weighted by Crippen LogP contribution is 2.28. The van der Waals surface area contributed by atoms with E-state index in [9.17, 15) is 4.79 Å². The Morgan fingerprint density at radius 2 is 2.00 bits per heavy atom. The van der Waals surface area contributed by atoms with Gasteiger partial charge in [-0.3, -0.25) is 4.79 Å². The van der Waals surface area contributed by atoms with Crippen LogP contribution < -0.4 is 16.4 Å². The minimum absolute atomic E-state index is 0.335. The maximum absolute atomic E-state index is 11.4. The van der Waals surface area contributed by atoms with Crippen molar-refractivity contribution in [1.82, 2.24) is 0 Å². The summed E-state index contributed by atoms with van der Waals surface area (Å²) in [5, 5.41) is 0. The largest absolute Gasteiger partial charge is 0.396 e. The summed E-state index contributed by atoms with van der Waals surface area (Å²) in [6.45, 7) is 7.38. The van der Waals surface area contributed by atoms with Crippen LogP contribution in [0.1, 0.15) is 50.4 Å². The summed E-state index contributed by atoms with van der Waals surface area (Å²) >= 11 is 0. The van der Waals surface area contributed by atoms with Gasteiger partial charge in [-0.25, -0.2) is 0 Å². The quantitative estimate of drug-likeness (QED) is 0.587. The van der Waals surface area contributed by atoms with Gasteiger partial charge >= 0.3 is 0 Å². The fraction of sp³-hybridized carbons (Fsp3) is 0.533. The molecule has 0 aliphatic carbocycles. The Bertz CT molecular complexity index is 429. The van der Waals surface area contributed by atoms with Crippen LogP contribution in [0.25, 0.3) is 0 Å². The molecule has 0 radical (unpaired) electrons. The first kappa shape index (κ1) is 15.3. The number of nitrogens with two attached hydrogens (primary N) is 2. The number of para-hydroxylation sites is 1. The highest BCUT2D eigenvalue weighted by Gasteiger charge is 2.16. The van der Waals surface area contributed by atoms with Crippen molar-refractivity contribution in [2.45, 2.75) is 46.1 Å². The van der Waals surface area contributed by atoms with Crippen molar-refractivity contribution < 1.29 is 4.79 Å². The van der Waals surface area contributed by atoms with E-state index in [1.165, 1.54) is 12.8 Å². The summed E-state index contributed by atoms with van der Waals surface area (Å²) in [4.78, 5) is 13.6. The molecule has 0 heterocycles. The van der Waals surface area contributed by atoms with E-state index in [1.807, 2.05) is 12.1 Å². The van der Waals surface area contributed by atoms with E-state index >= 15 is 0 Å². The average molecular weight is 263 g/mol. The van der Waals surface area contributed by atoms with E-state index in [4.69, 9.17) is 11.5 Å². The Morgan fingerprint density at radius 3 is 2.53 bits per heavy atom. The molecule has 4 N–H and O–H groups in total. The fourth-order valence-electron chi connectivity index (χ4n) is 2.21. The van der Waals surface area contributed by atoms with E-state index in [1.54, 1.807) is 6.07 Å². The molecular weight excluding hydrogens is 238 g/mol. The summed E-state index contributed by atoms with van der Waals surface area (Å²) in [6.07, 6.45) is 3.50. The molecule has 0 aliphatic rings. The Labute approximate surface area is 115 Å². The molecule has 0 unspecified atom stereocenters. The molecule has 106 valence electrons. The number of amides is 1. The summed E-state index contributed by atoms with van der Waals surface area (Å²) in [6, 6.07) is 5.79. The highest BCUT2D eigenvalue weighted by atomic mass is 16.1. The lowest BCUT2D eigenvalue weighted by molar-refractivity contribution is 0.100. The molecule has 1 aromatic carbocycles. The number of nitrogens with zero attached hydrogens (tertiary/aromatic N) is 1. The molecule has 1 aromatic rings. The van der Waals surface area contributed by atoms with Gasteiger partial charge in [0.1, 0.15) is 0 Å². The number of carbonyl (C=O) groups is 1. The first-order valence-corrected chi connectivity index (χ1v) is 6.94. The van der Waals surface area contributed by atoms with Crippen LogP contribution in [0, 0.1) is 0 Å². The molecule has 0 fully saturated rings. The lowest BCUT2D eigenvalue weighted by atomic mass is 10.1. The second-order valence-corrected chi connectivity index (χ2v) is 5.10. The monoisotopic (exact) mass is 263 g/mol. The average Bonchev–Trinajstić information content (AvgIpc) is 2.35. The van der Waals surface area contributed by atoms with Crippen molar-refractivity contribution in [3.63, 3.8) is 0 Å². The predicted molar refractivity (Wildman–Crippen MR) is 81.4 cm³/mol. The van der Waals surface area contributed by atoms with Gasteiger partial charge in [-0.05, 0) is 32.4 Å². The third-order valence-corrected chi connectivity index (χ3v) is 3.28. The van der Waals surface area contributed by atoms with Crippen molar-refractivity contribution in [2.75, 3.05) is 17.2 Å². The van der Waals surface area contributed by atoms with E-state index in [0.717, 1.165) is 18.7 Å². The van der Waals surface area contributed by atoms with Gasteiger partial charge in [-0.1, -0.05) is 25.8 Å². The number of hydrogen-bond acceptors (Lipinski definition) is 3. The Hall–Kier alpha value is -1.71. The second kappa shape index (κ2) is 7.02. The summed E-state index contributed by atoms with van der Waals surface area (Å²) in [5.41, 5.74) is 13.2. The number of rotatable bonds is 7. The molecule has 1 amide bonds. The lowest BCUT2D eigenvalue weighted by Crippen LogP contribution is -2.33. The standard InChI is InChI=1S/C15H25N3O/c1-4-5-6-10-18(11(2)3)13-9-7-8-12(14(13)16)15(17)19/h7-9,11H,4-6,10,16H2,1-3H3,(H2,17,19). The highest BCUT2D eigenvalue weighted by molar-refractivity contribution is 6.00. The zero-order valence-electron chi connectivity index (χ0n) is 12.1. The van der Waals surface area contributed by atoms with Crippen LogP contribution in [-0.4, -0.2) is 18.5 Å². The first-order valence-electron chi connectivity index (χ1n) is 6.94. The summed E-state index contributed by atoms with van der Waals surface area (Å²) in [5.74, 6) is -0.475. The minimum atomic E-state index is -0.475. The topological polar surface area (TPSA) is 72.3 Å². The Morgan fingerprint density at radius 1 is 1.32 bits per heavy atom. The van der Waals surface area contributed by atoms with Gasteiger partial charge in [0.2, 0.25) is 0 Å². The van der Waals surface area contributed by atoms with Crippen molar-refractivity contribution in [3.8, 4) is 0 Å². The van der Waals surface area contributed by atoms with E-state index < -0.39 is 5.91 Å². The van der Waals surface area contributed by atoms with Crippen LogP contribution in [0.2, 0.25) is 0 Å². The molecule has 0 aliphatic heterocycles. The van der Waals surface area contributed by atoms with Crippen LogP contribution in [0.15, 0.2) is 18.2 Å². The SMILES string of the molecule is CCCCCN(c1cccc(C(N)=O)c1N)C(C)C. The molecule has 0 spiro atoms. The molecule has 0 saturated heterocycles. The van der Waals surface area contributed by atoms with Crippen LogP contribution in [0.3, 0.4) is 0 Å². The number of hydrogen-bond donors (Lipinski definition) is 2. The minimum Gasteiger partial charge on any atom is -0.396 e. The molecule has 0 aromatic heterocycles. The molecule has 1 rings (SSSR count). The van der Waals surface area contributed by atoms with Gasteiger partial charge in [0.05, 0.1) is 16.9 Å². The predicted octanol–water partition coefficient (Wildman–Crippen LogP) is 2.77. The molecule has 19 heavy (non-hydrogen) atoms. The maximum atomic E-state index is 11.4. The van der Waals surface area contributed by atoms with Gasteiger partial charge < -0.3 is 16.4 Å². The molecular formula is C15H25N3O. The normalized spacial score (nSPS) is 10.7. The van der Waals surface area contributed by atoms with Crippen LogP contribution in [0.5, 0.6) is 0 Å². The van der Waals surface area contributed by atoms with Gasteiger partial charge in [0.15, 0.2) is 0 Å². The maximum Gasteiger partial charge on any atom is 0.250 e. The van der Waals surface area contributed by atoms with Crippen molar-refractivity contribution in [2.24, 2.45) is 5.73 Å². The van der Waals surface area contributed by atoms with E-state index in [2.05, 4.69) is 25.7 Å². The van der Waals surface area contributed by atoms with Gasteiger partial charge in [0.25, 0.3) is 5.91 Å². The number of anilines is 2. The lowest BCUT2D eigenvalue weighted by Gasteiger charge is -2.30. The third kappa shape index (κ3) is 3.88. The Balaban J connectivity index is 3.02. The molecule has 4 heteroatoms. The van der Waals surface area contributed by atoms with Crippen LogP contribution in [0.4, 0.5) is 11.4 Å². The van der Waals surface area contributed by atoms with Gasteiger partial charge in [-0.15, -0.1) is 0 Å². The van der Waals surface area contributed by atoms with E-state index in [0.29, 0.717) is 17.3 Å². The van der Waals surface area contributed by atoms with Gasteiger partial charge in [-0.2, -0.15) is 0 Å². The molecule has 4 nitrogen and oxygen atoms in total. The number of benzene rings is 1. The fourth-order valence-corrected chi connectivity index (χ4v) is 2.21. The smallest absolute Gasteiger partial charge is 0.250 e. The zero-order chi connectivity index (χ0) is 14.4. The number of nitrogen functional groups attached to an aromatic ring is 1. The summed E-state index contributed by atoms with van der Waals surface area (Å²) < 4.78 is 0. The zero-order valence-corrected chi connectivity index (χ0v) is 12.1. The third-order valence-electron chi connectivity index (χ3n) is 3.28. The van der Waals surface area contributed by atoms with Crippen LogP contribution >= 0.6 is 0 Å². The second-order valence-electron chi connectivity index (χ2n) is 5.10. The number of carbonyl (C=O) groups excluding carboxylic acids is 1. The molecule has 0 bridgehead atoms. The number of primary amides is 1. The van der Waals surface area contributed by atoms with Gasteiger partial charge in [0, 0.05) is 12.6 Å². The molecule has 0 atom stereocenters. The summed E-state index contributed by atoms with van der Waals surface area (Å²) in [7, 11) is 0.